The summed E-state index contributed by atoms with van der Waals surface area (Å²) in [5.74, 6) is -2.93. The van der Waals surface area contributed by atoms with E-state index in [1.54, 1.807) is 50.2 Å². The van der Waals surface area contributed by atoms with Crippen LogP contribution in [0.5, 0.6) is 5.88 Å². The number of hydrogen-bond donors (Lipinski definition) is 1. The maximum atomic E-state index is 14.0. The molecule has 0 bridgehead atoms. The number of benzene rings is 2. The summed E-state index contributed by atoms with van der Waals surface area (Å²) in [5.41, 5.74) is 6.45. The van der Waals surface area contributed by atoms with E-state index in [9.17, 15) is 18.4 Å². The molecule has 2 atom stereocenters. The number of hydrogen-bond acceptors (Lipinski definition) is 4. The molecule has 0 aliphatic carbocycles. The van der Waals surface area contributed by atoms with Gasteiger partial charge >= 0.3 is 0 Å². The minimum Gasteiger partial charge on any atom is -0.477 e. The van der Waals surface area contributed by atoms with Crippen LogP contribution < -0.4 is 10.5 Å². The van der Waals surface area contributed by atoms with Crippen LogP contribution in [0.3, 0.4) is 0 Å². The van der Waals surface area contributed by atoms with E-state index in [0.29, 0.717) is 5.56 Å². The van der Waals surface area contributed by atoms with Crippen LogP contribution in [-0.2, 0) is 4.79 Å². The molecule has 0 saturated heterocycles. The van der Waals surface area contributed by atoms with Crippen molar-refractivity contribution >= 4 is 11.8 Å². The molecule has 32 heavy (non-hydrogen) atoms. The normalized spacial score (nSPS) is 12.6. The number of halogens is 2. The Morgan fingerprint density at radius 1 is 1.03 bits per heavy atom. The summed E-state index contributed by atoms with van der Waals surface area (Å²) in [7, 11) is 0. The van der Waals surface area contributed by atoms with Gasteiger partial charge in [-0.2, -0.15) is 0 Å². The Bertz CT molecular complexity index is 1090. The highest BCUT2D eigenvalue weighted by Gasteiger charge is 2.36. The molecule has 2 amide bonds. The molecule has 0 spiro atoms. The Morgan fingerprint density at radius 3 is 2.28 bits per heavy atom. The number of primary amides is 1. The third-order valence-electron chi connectivity index (χ3n) is 4.96. The van der Waals surface area contributed by atoms with E-state index in [1.165, 1.54) is 17.2 Å². The largest absolute Gasteiger partial charge is 0.477 e. The predicted octanol–water partition coefficient (Wildman–Crippen LogP) is 4.19. The third-order valence-corrected chi connectivity index (χ3v) is 4.96. The van der Waals surface area contributed by atoms with E-state index < -0.39 is 35.5 Å². The predicted molar refractivity (Wildman–Crippen MR) is 115 cm³/mol. The number of pyridine rings is 1. The van der Waals surface area contributed by atoms with Crippen molar-refractivity contribution in [3.8, 4) is 5.88 Å². The zero-order chi connectivity index (χ0) is 23.3. The fourth-order valence-electron chi connectivity index (χ4n) is 3.54. The Balaban J connectivity index is 2.18. The first-order chi connectivity index (χ1) is 15.3. The molecule has 0 aliphatic rings. The van der Waals surface area contributed by atoms with Crippen LogP contribution in [0.25, 0.3) is 0 Å². The lowest BCUT2D eigenvalue weighted by atomic mass is 9.98. The van der Waals surface area contributed by atoms with Gasteiger partial charge in [0.05, 0.1) is 12.6 Å². The van der Waals surface area contributed by atoms with Crippen molar-refractivity contribution in [3.63, 3.8) is 0 Å². The fourth-order valence-corrected chi connectivity index (χ4v) is 3.54. The van der Waals surface area contributed by atoms with Gasteiger partial charge in [-0.3, -0.25) is 9.59 Å². The average Bonchev–Trinajstić information content (AvgIpc) is 2.77. The first-order valence-electron chi connectivity index (χ1n) is 10.0. The van der Waals surface area contributed by atoms with Crippen LogP contribution in [0.1, 0.15) is 47.4 Å². The van der Waals surface area contributed by atoms with E-state index >= 15 is 0 Å². The van der Waals surface area contributed by atoms with Crippen molar-refractivity contribution in [2.45, 2.75) is 25.9 Å². The second-order valence-electron chi connectivity index (χ2n) is 7.10. The van der Waals surface area contributed by atoms with Crippen molar-refractivity contribution in [1.82, 2.24) is 9.88 Å². The maximum absolute atomic E-state index is 14.0. The summed E-state index contributed by atoms with van der Waals surface area (Å²) in [5, 5.41) is 0. The molecule has 0 unspecified atom stereocenters. The van der Waals surface area contributed by atoms with Gasteiger partial charge in [0.2, 0.25) is 11.8 Å². The van der Waals surface area contributed by atoms with E-state index in [1.807, 2.05) is 0 Å². The number of nitrogens with zero attached hydrogens (tertiary/aromatic N) is 2. The molecule has 0 aliphatic heterocycles. The molecule has 2 aromatic carbocycles. The highest BCUT2D eigenvalue weighted by atomic mass is 19.1. The molecule has 166 valence electrons. The van der Waals surface area contributed by atoms with Crippen molar-refractivity contribution in [3.05, 3.63) is 95.2 Å². The summed E-state index contributed by atoms with van der Waals surface area (Å²) >= 11 is 0. The van der Waals surface area contributed by atoms with Gasteiger partial charge < -0.3 is 15.4 Å². The number of carbonyl (C=O) groups is 2. The molecule has 6 nitrogen and oxygen atoms in total. The zero-order valence-electron chi connectivity index (χ0n) is 17.7. The smallest absolute Gasteiger partial charge is 0.260 e. The minimum absolute atomic E-state index is 0.0823. The van der Waals surface area contributed by atoms with Gasteiger partial charge in [-0.05, 0) is 49.2 Å². The quantitative estimate of drug-likeness (QED) is 0.570. The van der Waals surface area contributed by atoms with Crippen molar-refractivity contribution in [2.75, 3.05) is 6.61 Å². The first kappa shape index (κ1) is 22.9. The summed E-state index contributed by atoms with van der Waals surface area (Å²) in [6.07, 6.45) is 1.47. The molecular formula is C24H23F2N3O3. The van der Waals surface area contributed by atoms with Crippen molar-refractivity contribution in [2.24, 2.45) is 5.73 Å². The van der Waals surface area contributed by atoms with E-state index in [2.05, 4.69) is 4.98 Å². The first-order valence-corrected chi connectivity index (χ1v) is 10.0. The molecule has 8 heteroatoms. The van der Waals surface area contributed by atoms with Crippen molar-refractivity contribution < 1.29 is 23.1 Å². The Labute approximate surface area is 184 Å². The van der Waals surface area contributed by atoms with Crippen LogP contribution in [0.4, 0.5) is 8.78 Å². The van der Waals surface area contributed by atoms with Gasteiger partial charge in [-0.1, -0.05) is 30.3 Å². The number of rotatable bonds is 8. The number of aromatic nitrogens is 1. The number of ether oxygens (including phenoxy) is 1. The van der Waals surface area contributed by atoms with Crippen LogP contribution >= 0.6 is 0 Å². The van der Waals surface area contributed by atoms with Gasteiger partial charge in [0.25, 0.3) is 5.91 Å². The standard InChI is InChI=1S/C24H23F2N3O3/c1-3-32-23-20(10-7-11-28-23)24(31)29(15(2)17-12-18(25)14-19(26)13-17)21(22(27)30)16-8-5-4-6-9-16/h4-15,21H,3H2,1-2H3,(H2,27,30)/t15-,21-/m1/s1. The lowest BCUT2D eigenvalue weighted by Crippen LogP contribution is -2.43. The molecule has 1 heterocycles. The summed E-state index contributed by atoms with van der Waals surface area (Å²) in [6, 6.07) is 12.4. The SMILES string of the molecule is CCOc1ncccc1C(=O)N([C@H](C)c1cc(F)cc(F)c1)[C@@H](C(N)=O)c1ccccc1. The maximum Gasteiger partial charge on any atom is 0.260 e. The van der Waals surface area contributed by atoms with Crippen molar-refractivity contribution in [1.29, 1.82) is 0 Å². The van der Waals surface area contributed by atoms with Crippen LogP contribution in [-0.4, -0.2) is 28.3 Å². The van der Waals surface area contributed by atoms with Gasteiger partial charge in [-0.15, -0.1) is 0 Å². The Hall–Kier alpha value is -3.81. The summed E-state index contributed by atoms with van der Waals surface area (Å²) in [4.78, 5) is 31.6. The second-order valence-corrected chi connectivity index (χ2v) is 7.10. The monoisotopic (exact) mass is 439 g/mol. The van der Waals surface area contributed by atoms with Gasteiger partial charge in [-0.25, -0.2) is 13.8 Å². The van der Waals surface area contributed by atoms with Gasteiger partial charge in [0.15, 0.2) is 0 Å². The molecule has 3 aromatic rings. The Morgan fingerprint density at radius 2 is 1.69 bits per heavy atom. The Kier molecular flexibility index (Phi) is 7.14. The third kappa shape index (κ3) is 4.91. The highest BCUT2D eigenvalue weighted by molar-refractivity contribution is 5.99. The molecular weight excluding hydrogens is 416 g/mol. The molecule has 1 aromatic heterocycles. The molecule has 0 radical (unpaired) electrons. The van der Waals surface area contributed by atoms with E-state index in [4.69, 9.17) is 10.5 Å². The van der Waals surface area contributed by atoms with Crippen LogP contribution in [0, 0.1) is 11.6 Å². The summed E-state index contributed by atoms with van der Waals surface area (Å²) < 4.78 is 33.4. The molecule has 3 rings (SSSR count). The fraction of sp³-hybridized carbons (Fsp3) is 0.208. The molecule has 2 N–H and O–H groups in total. The number of nitrogens with two attached hydrogens (primary N) is 1. The lowest BCUT2D eigenvalue weighted by Gasteiger charge is -2.35. The highest BCUT2D eigenvalue weighted by Crippen LogP contribution is 2.34. The second kappa shape index (κ2) is 10.00. The van der Waals surface area contributed by atoms with Gasteiger partial charge in [0, 0.05) is 12.3 Å². The van der Waals surface area contributed by atoms with Crippen LogP contribution in [0.15, 0.2) is 66.9 Å². The lowest BCUT2D eigenvalue weighted by molar-refractivity contribution is -0.123. The topological polar surface area (TPSA) is 85.5 Å². The average molecular weight is 439 g/mol. The number of carbonyl (C=O) groups excluding carboxylic acids is 2. The molecule has 0 saturated carbocycles. The number of amides is 2. The van der Waals surface area contributed by atoms with Crippen LogP contribution in [0.2, 0.25) is 0 Å². The van der Waals surface area contributed by atoms with E-state index in [0.717, 1.165) is 18.2 Å². The van der Waals surface area contributed by atoms with Gasteiger partial charge in [0.1, 0.15) is 23.2 Å². The zero-order valence-corrected chi connectivity index (χ0v) is 17.7. The molecule has 0 fully saturated rings. The van der Waals surface area contributed by atoms with E-state index in [-0.39, 0.29) is 23.6 Å². The summed E-state index contributed by atoms with van der Waals surface area (Å²) in [6.45, 7) is 3.58. The minimum atomic E-state index is -1.21.